The maximum atomic E-state index is 6.02. The van der Waals surface area contributed by atoms with Gasteiger partial charge < -0.3 is 16.0 Å². The lowest BCUT2D eigenvalue weighted by molar-refractivity contribution is 0.196. The van der Waals surface area contributed by atoms with Crippen LogP contribution in [0.5, 0.6) is 0 Å². The van der Waals surface area contributed by atoms with Gasteiger partial charge in [0, 0.05) is 42.1 Å². The molecule has 4 aromatic rings. The molecule has 0 atom stereocenters. The molecule has 0 unspecified atom stereocenters. The van der Waals surface area contributed by atoms with Gasteiger partial charge in [-0.25, -0.2) is 19.9 Å². The van der Waals surface area contributed by atoms with E-state index < -0.39 is 0 Å². The van der Waals surface area contributed by atoms with E-state index >= 15 is 0 Å². The molecule has 1 fully saturated rings. The zero-order chi connectivity index (χ0) is 19.8. The maximum Gasteiger partial charge on any atom is 0.219 e. The van der Waals surface area contributed by atoms with Crippen LogP contribution in [0.4, 0.5) is 11.8 Å². The van der Waals surface area contributed by atoms with E-state index in [2.05, 4.69) is 35.6 Å². The van der Waals surface area contributed by atoms with Crippen LogP contribution in [0, 0.1) is 0 Å². The van der Waals surface area contributed by atoms with Crippen molar-refractivity contribution in [3.63, 3.8) is 0 Å². The van der Waals surface area contributed by atoms with E-state index in [4.69, 9.17) is 11.5 Å². The van der Waals surface area contributed by atoms with E-state index in [1.54, 1.807) is 18.6 Å². The van der Waals surface area contributed by atoms with Gasteiger partial charge in [-0.15, -0.1) is 0 Å². The fraction of sp³-hybridized carbons (Fsp3) is 0.190. The molecule has 8 nitrogen and oxygen atoms in total. The van der Waals surface area contributed by atoms with Crippen LogP contribution in [0.25, 0.3) is 22.5 Å². The third-order valence-electron chi connectivity index (χ3n) is 5.64. The number of rotatable bonds is 4. The number of pyridine rings is 2. The fourth-order valence-electron chi connectivity index (χ4n) is 3.85. The Hall–Kier alpha value is -3.81. The average Bonchev–Trinajstić information content (AvgIpc) is 3.19. The molecule has 1 aliphatic rings. The molecule has 0 spiro atoms. The summed E-state index contributed by atoms with van der Waals surface area (Å²) in [6, 6.07) is 7.93. The van der Waals surface area contributed by atoms with Crippen LogP contribution >= 0.6 is 0 Å². The molecule has 4 aromatic heterocycles. The molecule has 5 rings (SSSR count). The number of nitrogen functional groups attached to an aromatic ring is 2. The van der Waals surface area contributed by atoms with Crippen molar-refractivity contribution < 1.29 is 0 Å². The zero-order valence-corrected chi connectivity index (χ0v) is 15.7. The van der Waals surface area contributed by atoms with Crippen LogP contribution in [-0.2, 0) is 5.54 Å². The van der Waals surface area contributed by atoms with Crippen molar-refractivity contribution in [2.75, 3.05) is 11.5 Å². The van der Waals surface area contributed by atoms with Gasteiger partial charge >= 0.3 is 0 Å². The quantitative estimate of drug-likeness (QED) is 0.555. The number of nitrogens with zero attached hydrogens (tertiary/aromatic N) is 6. The van der Waals surface area contributed by atoms with Crippen molar-refractivity contribution in [1.82, 2.24) is 29.5 Å². The Balaban J connectivity index is 1.48. The molecule has 1 aliphatic carbocycles. The summed E-state index contributed by atoms with van der Waals surface area (Å²) in [4.78, 5) is 21.5. The summed E-state index contributed by atoms with van der Waals surface area (Å²) in [5.41, 5.74) is 15.9. The van der Waals surface area contributed by atoms with E-state index in [0.29, 0.717) is 5.82 Å². The molecule has 29 heavy (non-hydrogen) atoms. The number of hydrogen-bond donors (Lipinski definition) is 2. The largest absolute Gasteiger partial charge is 0.383 e. The molecule has 4 heterocycles. The Morgan fingerprint density at radius 1 is 0.862 bits per heavy atom. The first-order valence-electron chi connectivity index (χ1n) is 9.45. The first kappa shape index (κ1) is 17.3. The topological polar surface area (TPSA) is 121 Å². The number of nitrogens with two attached hydrogens (primary N) is 2. The van der Waals surface area contributed by atoms with Crippen molar-refractivity contribution in [1.29, 1.82) is 0 Å². The Labute approximate surface area is 167 Å². The van der Waals surface area contributed by atoms with Gasteiger partial charge in [0.05, 0.1) is 23.3 Å². The molecule has 0 aliphatic heterocycles. The number of aromatic nitrogens is 6. The van der Waals surface area contributed by atoms with Crippen LogP contribution in [-0.4, -0.2) is 29.5 Å². The average molecular weight is 384 g/mol. The van der Waals surface area contributed by atoms with Gasteiger partial charge in [0.1, 0.15) is 5.82 Å². The van der Waals surface area contributed by atoms with Crippen molar-refractivity contribution in [3.05, 3.63) is 67.1 Å². The molecule has 0 saturated heterocycles. The van der Waals surface area contributed by atoms with Crippen LogP contribution < -0.4 is 11.5 Å². The summed E-state index contributed by atoms with van der Waals surface area (Å²) >= 11 is 0. The highest BCUT2D eigenvalue weighted by atomic mass is 15.1. The van der Waals surface area contributed by atoms with E-state index in [0.717, 1.165) is 47.3 Å². The summed E-state index contributed by atoms with van der Waals surface area (Å²) in [5.74, 6) is 0.737. The Kier molecular flexibility index (Phi) is 3.97. The molecule has 0 aromatic carbocycles. The Bertz CT molecular complexity index is 1140. The summed E-state index contributed by atoms with van der Waals surface area (Å²) < 4.78 is 2.18. The second kappa shape index (κ2) is 6.66. The molecular formula is C21H20N8. The summed E-state index contributed by atoms with van der Waals surface area (Å²) in [6.45, 7) is 0. The third kappa shape index (κ3) is 2.89. The van der Waals surface area contributed by atoms with E-state index in [-0.39, 0.29) is 11.5 Å². The molecule has 0 bridgehead atoms. The minimum atomic E-state index is -0.134. The van der Waals surface area contributed by atoms with Crippen LogP contribution in [0.15, 0.2) is 61.6 Å². The fourth-order valence-corrected chi connectivity index (χ4v) is 3.85. The molecule has 144 valence electrons. The maximum absolute atomic E-state index is 6.02. The summed E-state index contributed by atoms with van der Waals surface area (Å²) in [7, 11) is 0. The number of imidazole rings is 1. The van der Waals surface area contributed by atoms with E-state index in [1.165, 1.54) is 0 Å². The van der Waals surface area contributed by atoms with Gasteiger partial charge in [0.15, 0.2) is 0 Å². The van der Waals surface area contributed by atoms with Gasteiger partial charge in [-0.05, 0) is 43.0 Å². The molecule has 4 N–H and O–H groups in total. The molecule has 1 saturated carbocycles. The second-order valence-corrected chi connectivity index (χ2v) is 7.25. The highest BCUT2D eigenvalue weighted by molar-refractivity contribution is 5.70. The SMILES string of the molecule is Nc1ncc(-c2ccc(C3(n4cnc(-c5cccnc5N)c4)CCC3)cn2)cn1. The van der Waals surface area contributed by atoms with Crippen LogP contribution in [0.1, 0.15) is 24.8 Å². The van der Waals surface area contributed by atoms with Crippen molar-refractivity contribution in [2.45, 2.75) is 24.8 Å². The standard InChI is InChI=1S/C21H20N8/c22-19-16(3-1-8-24-19)18-12-29(13-28-18)21(6-2-7-21)15-4-5-17(25-11-15)14-9-26-20(23)27-10-14/h1,3-5,8-13H,2,6-7H2,(H2,22,24)(H2,23,26,27). The minimum Gasteiger partial charge on any atom is -0.383 e. The summed E-state index contributed by atoms with van der Waals surface area (Å²) in [5, 5.41) is 0. The normalized spacial score (nSPS) is 15.0. The van der Waals surface area contributed by atoms with Gasteiger partial charge in [-0.1, -0.05) is 6.07 Å². The monoisotopic (exact) mass is 384 g/mol. The van der Waals surface area contributed by atoms with Crippen LogP contribution in [0.3, 0.4) is 0 Å². The smallest absolute Gasteiger partial charge is 0.219 e. The van der Waals surface area contributed by atoms with Crippen molar-refractivity contribution in [3.8, 4) is 22.5 Å². The molecule has 8 heteroatoms. The Morgan fingerprint density at radius 2 is 1.69 bits per heavy atom. The number of anilines is 2. The Morgan fingerprint density at radius 3 is 2.34 bits per heavy atom. The first-order valence-corrected chi connectivity index (χ1v) is 9.45. The zero-order valence-electron chi connectivity index (χ0n) is 15.7. The van der Waals surface area contributed by atoms with Crippen molar-refractivity contribution >= 4 is 11.8 Å². The molecular weight excluding hydrogens is 364 g/mol. The van der Waals surface area contributed by atoms with Gasteiger partial charge in [0.2, 0.25) is 5.95 Å². The van der Waals surface area contributed by atoms with Gasteiger partial charge in [-0.3, -0.25) is 4.98 Å². The predicted molar refractivity (Wildman–Crippen MR) is 110 cm³/mol. The van der Waals surface area contributed by atoms with Crippen LogP contribution in [0.2, 0.25) is 0 Å². The highest BCUT2D eigenvalue weighted by Crippen LogP contribution is 2.45. The lowest BCUT2D eigenvalue weighted by atomic mass is 9.72. The first-order chi connectivity index (χ1) is 14.2. The van der Waals surface area contributed by atoms with E-state index in [9.17, 15) is 0 Å². The molecule has 0 radical (unpaired) electrons. The number of hydrogen-bond acceptors (Lipinski definition) is 7. The second-order valence-electron chi connectivity index (χ2n) is 7.25. The van der Waals surface area contributed by atoms with Crippen molar-refractivity contribution in [2.24, 2.45) is 0 Å². The lowest BCUT2D eigenvalue weighted by Crippen LogP contribution is -2.41. The summed E-state index contributed by atoms with van der Waals surface area (Å²) in [6.07, 6.45) is 14.2. The van der Waals surface area contributed by atoms with E-state index in [1.807, 2.05) is 36.9 Å². The lowest BCUT2D eigenvalue weighted by Gasteiger charge is -2.43. The van der Waals surface area contributed by atoms with Gasteiger partial charge in [-0.2, -0.15) is 0 Å². The third-order valence-corrected chi connectivity index (χ3v) is 5.64. The van der Waals surface area contributed by atoms with Gasteiger partial charge in [0.25, 0.3) is 0 Å². The highest BCUT2D eigenvalue weighted by Gasteiger charge is 2.41. The minimum absolute atomic E-state index is 0.134. The predicted octanol–water partition coefficient (Wildman–Crippen LogP) is 2.89. The molecule has 0 amide bonds.